The number of anilines is 1. The van der Waals surface area contributed by atoms with E-state index in [2.05, 4.69) is 15.1 Å². The number of imide groups is 2. The predicted octanol–water partition coefficient (Wildman–Crippen LogP) is 2.77. The zero-order valence-electron chi connectivity index (χ0n) is 21.1. The summed E-state index contributed by atoms with van der Waals surface area (Å²) < 4.78 is 15.0. The Bertz CT molecular complexity index is 1300. The Kier molecular flexibility index (Phi) is 6.45. The van der Waals surface area contributed by atoms with Crippen molar-refractivity contribution in [3.05, 3.63) is 64.5 Å². The summed E-state index contributed by atoms with van der Waals surface area (Å²) in [5, 5.41) is 4.38. The summed E-state index contributed by atoms with van der Waals surface area (Å²) in [6.07, 6.45) is 3.14. The number of hydrogen-bond acceptors (Lipinski definition) is 7. The van der Waals surface area contributed by atoms with Gasteiger partial charge in [-0.1, -0.05) is 18.2 Å². The molecule has 9 nitrogen and oxygen atoms in total. The average Bonchev–Trinajstić information content (AvgIpc) is 3.49. The molecule has 2 aromatic rings. The van der Waals surface area contributed by atoms with E-state index in [9.17, 15) is 23.6 Å². The summed E-state index contributed by atoms with van der Waals surface area (Å²) in [7, 11) is 0. The number of nitrogens with zero attached hydrogens (tertiary/aromatic N) is 4. The molecule has 0 saturated carbocycles. The van der Waals surface area contributed by atoms with Gasteiger partial charge in [-0.2, -0.15) is 10.0 Å². The molecule has 2 aromatic carbocycles. The van der Waals surface area contributed by atoms with E-state index in [1.807, 2.05) is 6.07 Å². The summed E-state index contributed by atoms with van der Waals surface area (Å²) >= 11 is 0. The number of nitrogens with one attached hydrogen (secondary N) is 1. The average molecular weight is 520 g/mol. The Morgan fingerprint density at radius 2 is 1.61 bits per heavy atom. The number of carbonyl (C=O) groups is 4. The Hall–Kier alpha value is -3.63. The van der Waals surface area contributed by atoms with Crippen LogP contribution < -0.4 is 5.32 Å². The van der Waals surface area contributed by atoms with Crippen molar-refractivity contribution in [1.82, 2.24) is 19.8 Å². The van der Waals surface area contributed by atoms with Crippen LogP contribution in [0.25, 0.3) is 0 Å². The molecule has 1 N–H and O–H groups in total. The van der Waals surface area contributed by atoms with E-state index < -0.39 is 23.6 Å². The zero-order valence-corrected chi connectivity index (χ0v) is 21.1. The Balaban J connectivity index is 1.11. The molecule has 4 heterocycles. The summed E-state index contributed by atoms with van der Waals surface area (Å²) in [6, 6.07) is 10.6. The normalized spacial score (nSPS) is 20.9. The first kappa shape index (κ1) is 24.7. The van der Waals surface area contributed by atoms with Crippen molar-refractivity contribution >= 4 is 29.3 Å². The second kappa shape index (κ2) is 9.92. The number of rotatable bonds is 7. The fourth-order valence-electron chi connectivity index (χ4n) is 5.86. The fourth-order valence-corrected chi connectivity index (χ4v) is 5.86. The topological polar surface area (TPSA) is 93.3 Å². The first-order chi connectivity index (χ1) is 18.4. The number of benzene rings is 2. The van der Waals surface area contributed by atoms with Crippen LogP contribution in [0.5, 0.6) is 0 Å². The lowest BCUT2D eigenvalue weighted by Gasteiger charge is -2.44. The number of hydrogen-bond donors (Lipinski definition) is 1. The van der Waals surface area contributed by atoms with Gasteiger partial charge in [0.05, 0.1) is 11.1 Å². The molecular weight excluding hydrogens is 489 g/mol. The number of piperidine rings is 1. The molecule has 0 aliphatic carbocycles. The van der Waals surface area contributed by atoms with E-state index in [0.717, 1.165) is 18.7 Å². The van der Waals surface area contributed by atoms with Gasteiger partial charge >= 0.3 is 0 Å². The molecule has 0 bridgehead atoms. The summed E-state index contributed by atoms with van der Waals surface area (Å²) in [6.45, 7) is 5.22. The first-order valence-corrected chi connectivity index (χ1v) is 13.3. The van der Waals surface area contributed by atoms with E-state index in [-0.39, 0.29) is 36.3 Å². The van der Waals surface area contributed by atoms with Crippen molar-refractivity contribution in [2.75, 3.05) is 31.5 Å². The van der Waals surface area contributed by atoms with Gasteiger partial charge in [-0.05, 0) is 56.1 Å². The van der Waals surface area contributed by atoms with Crippen molar-refractivity contribution in [3.63, 3.8) is 0 Å². The monoisotopic (exact) mass is 519 g/mol. The molecule has 0 unspecified atom stereocenters. The van der Waals surface area contributed by atoms with E-state index in [1.54, 1.807) is 24.3 Å². The number of hydrazine groups is 1. The second-order valence-corrected chi connectivity index (χ2v) is 10.5. The lowest BCUT2D eigenvalue weighted by atomic mass is 10.0. The zero-order chi connectivity index (χ0) is 26.4. The number of carbonyl (C=O) groups excluding carboxylic acids is 4. The van der Waals surface area contributed by atoms with Crippen molar-refractivity contribution < 1.29 is 23.6 Å². The molecule has 38 heavy (non-hydrogen) atoms. The van der Waals surface area contributed by atoms with Crippen molar-refractivity contribution in [2.45, 2.75) is 51.2 Å². The van der Waals surface area contributed by atoms with Gasteiger partial charge in [0.2, 0.25) is 11.8 Å². The Morgan fingerprint density at radius 1 is 0.868 bits per heavy atom. The quantitative estimate of drug-likeness (QED) is 0.563. The van der Waals surface area contributed by atoms with Gasteiger partial charge < -0.3 is 5.32 Å². The highest BCUT2D eigenvalue weighted by Gasteiger charge is 2.46. The lowest BCUT2D eigenvalue weighted by Crippen LogP contribution is -2.58. The molecule has 198 valence electrons. The van der Waals surface area contributed by atoms with Gasteiger partial charge in [0.25, 0.3) is 11.8 Å². The maximum Gasteiger partial charge on any atom is 0.283 e. The van der Waals surface area contributed by atoms with Gasteiger partial charge in [-0.3, -0.25) is 29.0 Å². The van der Waals surface area contributed by atoms with E-state index >= 15 is 0 Å². The highest BCUT2D eigenvalue weighted by Crippen LogP contribution is 2.32. The molecule has 0 aromatic heterocycles. The molecule has 0 radical (unpaired) electrons. The number of fused-ring (bicyclic) bond motifs is 1. The highest BCUT2D eigenvalue weighted by atomic mass is 19.1. The maximum atomic E-state index is 15.0. The number of halogens is 1. The molecule has 4 aliphatic heterocycles. The minimum absolute atomic E-state index is 0.0750. The van der Waals surface area contributed by atoms with Crippen LogP contribution in [0.15, 0.2) is 36.4 Å². The SMILES string of the molecule is O=C1CCCC(=O)N1N1C(=O)c2cccc(NCc3ccc(CN4CC(N5CCCC5)C4)cc3F)c2C1=O. The summed E-state index contributed by atoms with van der Waals surface area (Å²) in [4.78, 5) is 55.8. The van der Waals surface area contributed by atoms with Crippen LogP contribution in [0, 0.1) is 5.82 Å². The first-order valence-electron chi connectivity index (χ1n) is 13.3. The summed E-state index contributed by atoms with van der Waals surface area (Å²) in [5.41, 5.74) is 1.87. The molecule has 3 saturated heterocycles. The molecule has 10 heteroatoms. The van der Waals surface area contributed by atoms with Crippen molar-refractivity contribution in [1.29, 1.82) is 0 Å². The molecule has 3 fully saturated rings. The maximum absolute atomic E-state index is 15.0. The van der Waals surface area contributed by atoms with Crippen LogP contribution in [0.4, 0.5) is 10.1 Å². The van der Waals surface area contributed by atoms with E-state index in [1.165, 1.54) is 32.0 Å². The van der Waals surface area contributed by atoms with Crippen LogP contribution in [-0.4, -0.2) is 75.7 Å². The minimum atomic E-state index is -0.741. The van der Waals surface area contributed by atoms with Crippen molar-refractivity contribution in [3.8, 4) is 0 Å². The molecule has 4 amide bonds. The standard InChI is InChI=1S/C28H30FN5O4/c29-22-13-18(15-31-16-20(17-31)32-11-1-2-12-32)9-10-19(22)14-30-23-6-3-5-21-26(23)28(38)34(27(21)37)33-24(35)7-4-8-25(33)36/h3,5-6,9-10,13,20,30H,1-2,4,7-8,11-12,14-17H2. The van der Waals surface area contributed by atoms with Gasteiger partial charge in [0.1, 0.15) is 5.82 Å². The van der Waals surface area contributed by atoms with Crippen LogP contribution in [-0.2, 0) is 22.7 Å². The second-order valence-electron chi connectivity index (χ2n) is 10.5. The van der Waals surface area contributed by atoms with E-state index in [4.69, 9.17) is 0 Å². The van der Waals surface area contributed by atoms with Gasteiger partial charge in [0.15, 0.2) is 0 Å². The summed E-state index contributed by atoms with van der Waals surface area (Å²) in [5.74, 6) is -2.94. The van der Waals surface area contributed by atoms with Crippen LogP contribution in [0.3, 0.4) is 0 Å². The number of likely N-dealkylation sites (tertiary alicyclic amines) is 2. The highest BCUT2D eigenvalue weighted by molar-refractivity contribution is 6.25. The third kappa shape index (κ3) is 4.37. The third-order valence-electron chi connectivity index (χ3n) is 7.94. The minimum Gasteiger partial charge on any atom is -0.380 e. The van der Waals surface area contributed by atoms with Gasteiger partial charge in [-0.25, -0.2) is 4.39 Å². The van der Waals surface area contributed by atoms with Gasteiger partial charge in [0, 0.05) is 56.3 Å². The largest absolute Gasteiger partial charge is 0.380 e. The van der Waals surface area contributed by atoms with Gasteiger partial charge in [-0.15, -0.1) is 0 Å². The van der Waals surface area contributed by atoms with Crippen LogP contribution >= 0.6 is 0 Å². The van der Waals surface area contributed by atoms with E-state index in [0.29, 0.717) is 40.3 Å². The van der Waals surface area contributed by atoms with Crippen LogP contribution in [0.2, 0.25) is 0 Å². The predicted molar refractivity (Wildman–Crippen MR) is 136 cm³/mol. The molecular formula is C28H30FN5O4. The Labute approximate surface area is 220 Å². The molecule has 0 spiro atoms. The number of amides is 4. The molecule has 6 rings (SSSR count). The molecule has 4 aliphatic rings. The van der Waals surface area contributed by atoms with Crippen LogP contribution in [0.1, 0.15) is 63.9 Å². The Morgan fingerprint density at radius 3 is 2.32 bits per heavy atom. The molecule has 0 atom stereocenters. The third-order valence-corrected chi connectivity index (χ3v) is 7.94. The van der Waals surface area contributed by atoms with Crippen molar-refractivity contribution in [2.24, 2.45) is 0 Å². The lowest BCUT2D eigenvalue weighted by molar-refractivity contribution is -0.160. The smallest absolute Gasteiger partial charge is 0.283 e. The fraction of sp³-hybridized carbons (Fsp3) is 0.429.